The van der Waals surface area contributed by atoms with Crippen LogP contribution in [0.15, 0.2) is 91.0 Å². The maximum absolute atomic E-state index is 12.6. The summed E-state index contributed by atoms with van der Waals surface area (Å²) < 4.78 is 0. The summed E-state index contributed by atoms with van der Waals surface area (Å²) in [5.74, 6) is 0.469. The van der Waals surface area contributed by atoms with Gasteiger partial charge in [0.1, 0.15) is 0 Å². The Bertz CT molecular complexity index is 748. The molecule has 0 spiro atoms. The molecule has 3 aromatic rings. The highest BCUT2D eigenvalue weighted by Crippen LogP contribution is 2.27. The van der Waals surface area contributed by atoms with Crippen molar-refractivity contribution >= 4 is 5.78 Å². The molecule has 0 N–H and O–H groups in total. The molecule has 1 heteroatoms. The molecular formula is C23H22O. The molecule has 0 fully saturated rings. The summed E-state index contributed by atoms with van der Waals surface area (Å²) in [5.41, 5.74) is 3.38. The number of aryl methyl sites for hydroxylation is 1. The molecular weight excluding hydrogens is 292 g/mol. The van der Waals surface area contributed by atoms with Gasteiger partial charge >= 0.3 is 0 Å². The Morgan fingerprint density at radius 1 is 0.708 bits per heavy atom. The van der Waals surface area contributed by atoms with Gasteiger partial charge in [0.15, 0.2) is 5.78 Å². The van der Waals surface area contributed by atoms with Crippen LogP contribution in [0.1, 0.15) is 40.2 Å². The molecule has 0 aromatic heterocycles. The third kappa shape index (κ3) is 4.42. The number of rotatable bonds is 7. The van der Waals surface area contributed by atoms with Crippen LogP contribution >= 0.6 is 0 Å². The zero-order valence-corrected chi connectivity index (χ0v) is 13.8. The number of benzene rings is 3. The molecule has 3 aromatic carbocycles. The topological polar surface area (TPSA) is 17.1 Å². The van der Waals surface area contributed by atoms with E-state index in [1.165, 1.54) is 11.1 Å². The number of ketones is 1. The van der Waals surface area contributed by atoms with Crippen LogP contribution < -0.4 is 0 Å². The van der Waals surface area contributed by atoms with Gasteiger partial charge in [-0.1, -0.05) is 91.0 Å². The van der Waals surface area contributed by atoms with Gasteiger partial charge in [0.05, 0.1) is 0 Å². The van der Waals surface area contributed by atoms with E-state index < -0.39 is 0 Å². The first kappa shape index (κ1) is 16.2. The molecule has 1 nitrogen and oxygen atoms in total. The van der Waals surface area contributed by atoms with Gasteiger partial charge in [0.25, 0.3) is 0 Å². The first-order chi connectivity index (χ1) is 11.8. The molecule has 24 heavy (non-hydrogen) atoms. The molecule has 0 heterocycles. The molecule has 1 atom stereocenters. The first-order valence-corrected chi connectivity index (χ1v) is 8.50. The van der Waals surface area contributed by atoms with Crippen LogP contribution in [-0.2, 0) is 6.42 Å². The lowest BCUT2D eigenvalue weighted by molar-refractivity contribution is 0.0972. The van der Waals surface area contributed by atoms with Crippen LogP contribution in [0.4, 0.5) is 0 Å². The molecule has 0 radical (unpaired) electrons. The fourth-order valence-corrected chi connectivity index (χ4v) is 3.06. The molecule has 0 aliphatic carbocycles. The molecule has 0 aliphatic rings. The summed E-state index contributed by atoms with van der Waals surface area (Å²) in [5, 5.41) is 0. The van der Waals surface area contributed by atoms with Crippen molar-refractivity contribution < 1.29 is 4.79 Å². The van der Waals surface area contributed by atoms with Gasteiger partial charge in [-0.2, -0.15) is 0 Å². The lowest BCUT2D eigenvalue weighted by atomic mass is 9.87. The minimum Gasteiger partial charge on any atom is -0.294 e. The summed E-state index contributed by atoms with van der Waals surface area (Å²) in [6.45, 7) is 0. The van der Waals surface area contributed by atoms with Crippen molar-refractivity contribution in [3.8, 4) is 0 Å². The van der Waals surface area contributed by atoms with Gasteiger partial charge < -0.3 is 0 Å². The zero-order chi connectivity index (χ0) is 16.6. The smallest absolute Gasteiger partial charge is 0.163 e. The van der Waals surface area contributed by atoms with Crippen molar-refractivity contribution in [2.75, 3.05) is 0 Å². The lowest BCUT2D eigenvalue weighted by Crippen LogP contribution is -2.09. The molecule has 0 saturated heterocycles. The number of hydrogen-bond acceptors (Lipinski definition) is 1. The number of carbonyl (C=O) groups is 1. The highest BCUT2D eigenvalue weighted by atomic mass is 16.1. The predicted octanol–water partition coefficient (Wildman–Crippen LogP) is 5.68. The molecule has 0 aliphatic heterocycles. The highest BCUT2D eigenvalue weighted by molar-refractivity contribution is 5.96. The standard InChI is InChI=1S/C23H22O/c24-23(21-14-8-3-9-15-21)18-22(20-12-6-2-7-13-20)17-16-19-10-4-1-5-11-19/h1-15,22H,16-18H2/t22-/m1/s1. The Morgan fingerprint density at radius 2 is 1.25 bits per heavy atom. The van der Waals surface area contributed by atoms with Crippen molar-refractivity contribution in [1.29, 1.82) is 0 Å². The van der Waals surface area contributed by atoms with Gasteiger partial charge in [-0.25, -0.2) is 0 Å². The maximum Gasteiger partial charge on any atom is 0.163 e. The van der Waals surface area contributed by atoms with E-state index in [1.54, 1.807) is 0 Å². The zero-order valence-electron chi connectivity index (χ0n) is 13.8. The first-order valence-electron chi connectivity index (χ1n) is 8.50. The van der Waals surface area contributed by atoms with E-state index in [-0.39, 0.29) is 11.7 Å². The summed E-state index contributed by atoms with van der Waals surface area (Å²) >= 11 is 0. The maximum atomic E-state index is 12.6. The average molecular weight is 314 g/mol. The molecule has 0 unspecified atom stereocenters. The highest BCUT2D eigenvalue weighted by Gasteiger charge is 2.17. The van der Waals surface area contributed by atoms with Gasteiger partial charge in [-0.05, 0) is 29.9 Å². The number of Topliss-reactive ketones (excluding diaryl/α,β-unsaturated/α-hetero) is 1. The molecule has 0 saturated carbocycles. The van der Waals surface area contributed by atoms with Crippen LogP contribution in [0.3, 0.4) is 0 Å². The van der Waals surface area contributed by atoms with Crippen LogP contribution in [0.25, 0.3) is 0 Å². The van der Waals surface area contributed by atoms with Crippen molar-refractivity contribution in [1.82, 2.24) is 0 Å². The van der Waals surface area contributed by atoms with Crippen molar-refractivity contribution in [3.63, 3.8) is 0 Å². The summed E-state index contributed by atoms with van der Waals surface area (Å²) in [7, 11) is 0. The van der Waals surface area contributed by atoms with Crippen LogP contribution in [0, 0.1) is 0 Å². The van der Waals surface area contributed by atoms with Gasteiger partial charge in [0.2, 0.25) is 0 Å². The second-order valence-electron chi connectivity index (χ2n) is 6.13. The predicted molar refractivity (Wildman–Crippen MR) is 99.3 cm³/mol. The number of carbonyl (C=O) groups excluding carboxylic acids is 1. The molecule has 120 valence electrons. The average Bonchev–Trinajstić information content (AvgIpc) is 2.67. The molecule has 0 amide bonds. The van der Waals surface area contributed by atoms with Crippen LogP contribution in [0.5, 0.6) is 0 Å². The largest absolute Gasteiger partial charge is 0.294 e. The van der Waals surface area contributed by atoms with Crippen LogP contribution in [-0.4, -0.2) is 5.78 Å². The van der Waals surface area contributed by atoms with E-state index in [1.807, 2.05) is 42.5 Å². The van der Waals surface area contributed by atoms with E-state index in [2.05, 4.69) is 48.5 Å². The summed E-state index contributed by atoms with van der Waals surface area (Å²) in [4.78, 5) is 12.6. The van der Waals surface area contributed by atoms with E-state index in [0.717, 1.165) is 18.4 Å². The fraction of sp³-hybridized carbons (Fsp3) is 0.174. The quantitative estimate of drug-likeness (QED) is 0.513. The third-order valence-corrected chi connectivity index (χ3v) is 4.42. The second kappa shape index (κ2) is 8.26. The van der Waals surface area contributed by atoms with Crippen LogP contribution in [0.2, 0.25) is 0 Å². The fourth-order valence-electron chi connectivity index (χ4n) is 3.06. The van der Waals surface area contributed by atoms with Crippen molar-refractivity contribution in [2.24, 2.45) is 0 Å². The summed E-state index contributed by atoms with van der Waals surface area (Å²) in [6.07, 6.45) is 2.52. The van der Waals surface area contributed by atoms with Gasteiger partial charge in [-0.15, -0.1) is 0 Å². The Kier molecular flexibility index (Phi) is 5.57. The Hall–Kier alpha value is -2.67. The van der Waals surface area contributed by atoms with E-state index in [0.29, 0.717) is 6.42 Å². The molecule has 0 bridgehead atoms. The van der Waals surface area contributed by atoms with E-state index >= 15 is 0 Å². The molecule has 3 rings (SSSR count). The lowest BCUT2D eigenvalue weighted by Gasteiger charge is -2.17. The number of hydrogen-bond donors (Lipinski definition) is 0. The Balaban J connectivity index is 1.74. The summed E-state index contributed by atoms with van der Waals surface area (Å²) in [6, 6.07) is 30.5. The van der Waals surface area contributed by atoms with E-state index in [9.17, 15) is 4.79 Å². The Labute approximate surface area is 144 Å². The van der Waals surface area contributed by atoms with Crippen molar-refractivity contribution in [3.05, 3.63) is 108 Å². The third-order valence-electron chi connectivity index (χ3n) is 4.42. The SMILES string of the molecule is O=C(C[C@@H](CCc1ccccc1)c1ccccc1)c1ccccc1. The second-order valence-corrected chi connectivity index (χ2v) is 6.13. The normalized spacial score (nSPS) is 11.8. The minimum absolute atomic E-state index is 0.220. The van der Waals surface area contributed by atoms with Crippen molar-refractivity contribution in [2.45, 2.75) is 25.2 Å². The van der Waals surface area contributed by atoms with Gasteiger partial charge in [0, 0.05) is 12.0 Å². The van der Waals surface area contributed by atoms with Gasteiger partial charge in [-0.3, -0.25) is 4.79 Å². The Morgan fingerprint density at radius 3 is 1.88 bits per heavy atom. The minimum atomic E-state index is 0.220. The van der Waals surface area contributed by atoms with E-state index in [4.69, 9.17) is 0 Å². The monoisotopic (exact) mass is 314 g/mol.